The van der Waals surface area contributed by atoms with E-state index in [9.17, 15) is 4.79 Å². The van der Waals surface area contributed by atoms with Gasteiger partial charge in [0.1, 0.15) is 0 Å². The van der Waals surface area contributed by atoms with Crippen molar-refractivity contribution in [2.24, 2.45) is 5.92 Å². The van der Waals surface area contributed by atoms with E-state index in [-0.39, 0.29) is 12.1 Å². The van der Waals surface area contributed by atoms with E-state index in [0.29, 0.717) is 12.0 Å². The summed E-state index contributed by atoms with van der Waals surface area (Å²) in [4.78, 5) is 19.5. The number of carbonyl (C=O) groups excluding carboxylic acids is 1. The van der Waals surface area contributed by atoms with Gasteiger partial charge in [-0.25, -0.2) is 0 Å². The van der Waals surface area contributed by atoms with Crippen molar-refractivity contribution in [3.8, 4) is 11.1 Å². The second-order valence-electron chi connectivity index (χ2n) is 7.24. The first-order valence-corrected chi connectivity index (χ1v) is 8.90. The highest BCUT2D eigenvalue weighted by Crippen LogP contribution is 2.39. The SMILES string of the molecule is O=C1c2c(cccc2-c2cccnc2)CN1C1NC2CCC1CC2. The van der Waals surface area contributed by atoms with Gasteiger partial charge < -0.3 is 4.90 Å². The van der Waals surface area contributed by atoms with E-state index in [4.69, 9.17) is 0 Å². The second kappa shape index (κ2) is 5.42. The van der Waals surface area contributed by atoms with E-state index >= 15 is 0 Å². The van der Waals surface area contributed by atoms with E-state index in [1.807, 2.05) is 24.4 Å². The molecule has 0 spiro atoms. The molecule has 6 rings (SSSR count). The molecule has 4 nitrogen and oxygen atoms in total. The minimum atomic E-state index is 0.175. The Balaban J connectivity index is 1.52. The van der Waals surface area contributed by atoms with Crippen LogP contribution in [0.2, 0.25) is 0 Å². The first-order chi connectivity index (χ1) is 11.8. The van der Waals surface area contributed by atoms with Crippen LogP contribution in [0.1, 0.15) is 41.6 Å². The van der Waals surface area contributed by atoms with Crippen LogP contribution >= 0.6 is 0 Å². The Labute approximate surface area is 141 Å². The Kier molecular flexibility index (Phi) is 3.20. The molecule has 1 aromatic carbocycles. The Hall–Kier alpha value is -2.20. The maximum atomic E-state index is 13.2. The maximum absolute atomic E-state index is 13.2. The van der Waals surface area contributed by atoms with Crippen LogP contribution in [0, 0.1) is 5.92 Å². The number of piperidine rings is 2. The third-order valence-electron chi connectivity index (χ3n) is 5.90. The molecule has 1 unspecified atom stereocenters. The lowest BCUT2D eigenvalue weighted by molar-refractivity contribution is 0.0244. The minimum absolute atomic E-state index is 0.175. The topological polar surface area (TPSA) is 45.2 Å². The molecule has 1 atom stereocenters. The zero-order chi connectivity index (χ0) is 16.1. The van der Waals surface area contributed by atoms with Gasteiger partial charge in [-0.15, -0.1) is 0 Å². The molecule has 1 N–H and O–H groups in total. The molecule has 1 aliphatic carbocycles. The predicted octanol–water partition coefficient (Wildman–Crippen LogP) is 3.19. The van der Waals surface area contributed by atoms with Crippen molar-refractivity contribution in [1.82, 2.24) is 15.2 Å². The van der Waals surface area contributed by atoms with Crippen LogP contribution in [0.3, 0.4) is 0 Å². The van der Waals surface area contributed by atoms with Crippen LogP contribution in [0.15, 0.2) is 42.7 Å². The number of nitrogens with zero attached hydrogens (tertiary/aromatic N) is 2. The van der Waals surface area contributed by atoms with Crippen LogP contribution in [-0.4, -0.2) is 28.0 Å². The quantitative estimate of drug-likeness (QED) is 0.924. The first kappa shape index (κ1) is 14.2. The number of rotatable bonds is 2. The molecule has 2 aromatic rings. The molecular weight excluding hydrogens is 298 g/mol. The summed E-state index contributed by atoms with van der Waals surface area (Å²) >= 11 is 0. The van der Waals surface area contributed by atoms with Crippen molar-refractivity contribution in [2.45, 2.75) is 44.4 Å². The highest BCUT2D eigenvalue weighted by Gasteiger charge is 2.43. The molecule has 1 aromatic heterocycles. The molecule has 1 amide bonds. The lowest BCUT2D eigenvalue weighted by Crippen LogP contribution is -2.60. The molecule has 4 heteroatoms. The second-order valence-corrected chi connectivity index (χ2v) is 7.24. The van der Waals surface area contributed by atoms with Gasteiger partial charge in [0.2, 0.25) is 0 Å². The summed E-state index contributed by atoms with van der Waals surface area (Å²) in [5.41, 5.74) is 4.04. The lowest BCUT2D eigenvalue weighted by atomic mass is 9.79. The monoisotopic (exact) mass is 319 g/mol. The number of aromatic nitrogens is 1. The molecule has 24 heavy (non-hydrogen) atoms. The number of benzene rings is 1. The van der Waals surface area contributed by atoms with Gasteiger partial charge in [0.15, 0.2) is 0 Å². The van der Waals surface area contributed by atoms with Crippen molar-refractivity contribution in [2.75, 3.05) is 0 Å². The summed E-state index contributed by atoms with van der Waals surface area (Å²) in [6.07, 6.45) is 8.83. The summed E-state index contributed by atoms with van der Waals surface area (Å²) in [6.45, 7) is 0.725. The molecule has 0 radical (unpaired) electrons. The number of carbonyl (C=O) groups is 1. The highest BCUT2D eigenvalue weighted by molar-refractivity contribution is 6.04. The van der Waals surface area contributed by atoms with Gasteiger partial charge in [0.25, 0.3) is 5.91 Å². The van der Waals surface area contributed by atoms with Crippen molar-refractivity contribution >= 4 is 5.91 Å². The van der Waals surface area contributed by atoms with E-state index in [2.05, 4.69) is 27.3 Å². The number of hydrogen-bond acceptors (Lipinski definition) is 3. The fraction of sp³-hybridized carbons (Fsp3) is 0.400. The zero-order valence-electron chi connectivity index (χ0n) is 13.6. The van der Waals surface area contributed by atoms with Crippen molar-refractivity contribution < 1.29 is 4.79 Å². The Morgan fingerprint density at radius 3 is 2.67 bits per heavy atom. The molecule has 2 bridgehead atoms. The van der Waals surface area contributed by atoms with E-state index in [1.54, 1.807) is 6.20 Å². The smallest absolute Gasteiger partial charge is 0.256 e. The average Bonchev–Trinajstić information content (AvgIpc) is 3.00. The highest BCUT2D eigenvalue weighted by atomic mass is 16.2. The Morgan fingerprint density at radius 1 is 1.08 bits per heavy atom. The number of nitrogens with one attached hydrogen (secondary N) is 1. The van der Waals surface area contributed by atoms with E-state index in [1.165, 1.54) is 25.7 Å². The summed E-state index contributed by atoms with van der Waals surface area (Å²) < 4.78 is 0. The largest absolute Gasteiger partial charge is 0.318 e. The molecule has 3 fully saturated rings. The minimum Gasteiger partial charge on any atom is -0.318 e. The molecule has 1 saturated carbocycles. The number of pyridine rings is 1. The molecule has 2 saturated heterocycles. The van der Waals surface area contributed by atoms with E-state index in [0.717, 1.165) is 28.8 Å². The van der Waals surface area contributed by atoms with Gasteiger partial charge in [-0.05, 0) is 48.8 Å². The van der Waals surface area contributed by atoms with Gasteiger partial charge >= 0.3 is 0 Å². The molecule has 4 heterocycles. The average molecular weight is 319 g/mol. The third kappa shape index (κ3) is 2.09. The molecule has 122 valence electrons. The first-order valence-electron chi connectivity index (χ1n) is 8.90. The Bertz CT molecular complexity index is 781. The van der Waals surface area contributed by atoms with Crippen LogP contribution in [0.4, 0.5) is 0 Å². The zero-order valence-corrected chi connectivity index (χ0v) is 13.6. The molecule has 4 aliphatic rings. The fourth-order valence-corrected chi connectivity index (χ4v) is 4.69. The normalized spacial score (nSPS) is 28.2. The lowest BCUT2D eigenvalue weighted by Gasteiger charge is -2.47. The standard InChI is InChI=1S/C20H21N3O/c24-20-18-15(3-1-5-17(18)14-4-2-10-21-11-14)12-23(20)19-13-6-8-16(22-19)9-7-13/h1-5,10-11,13,16,19,22H,6-9,12H2. The number of hydrogen-bond donors (Lipinski definition) is 1. The van der Waals surface area contributed by atoms with Gasteiger partial charge in [0.05, 0.1) is 11.7 Å². The van der Waals surface area contributed by atoms with Crippen molar-refractivity contribution in [3.63, 3.8) is 0 Å². The van der Waals surface area contributed by atoms with Crippen molar-refractivity contribution in [3.05, 3.63) is 53.9 Å². The number of fused-ring (bicyclic) bond motifs is 4. The summed E-state index contributed by atoms with van der Waals surface area (Å²) in [5.74, 6) is 0.782. The van der Waals surface area contributed by atoms with E-state index < -0.39 is 0 Å². The maximum Gasteiger partial charge on any atom is 0.256 e. The summed E-state index contributed by atoms with van der Waals surface area (Å²) in [5, 5.41) is 3.71. The van der Waals surface area contributed by atoms with Gasteiger partial charge in [-0.3, -0.25) is 15.1 Å². The van der Waals surface area contributed by atoms with Crippen LogP contribution in [-0.2, 0) is 6.54 Å². The third-order valence-corrected chi connectivity index (χ3v) is 5.90. The molecule has 3 aliphatic heterocycles. The predicted molar refractivity (Wildman–Crippen MR) is 92.2 cm³/mol. The molecular formula is C20H21N3O. The van der Waals surface area contributed by atoms with Gasteiger partial charge in [-0.2, -0.15) is 0 Å². The van der Waals surface area contributed by atoms with Crippen LogP contribution in [0.25, 0.3) is 11.1 Å². The summed E-state index contributed by atoms with van der Waals surface area (Å²) in [7, 11) is 0. The van der Waals surface area contributed by atoms with Crippen LogP contribution < -0.4 is 5.32 Å². The fourth-order valence-electron chi connectivity index (χ4n) is 4.69. The van der Waals surface area contributed by atoms with Gasteiger partial charge in [0, 0.05) is 30.5 Å². The van der Waals surface area contributed by atoms with Gasteiger partial charge in [-0.1, -0.05) is 24.3 Å². The van der Waals surface area contributed by atoms with Crippen LogP contribution in [0.5, 0.6) is 0 Å². The van der Waals surface area contributed by atoms with Crippen molar-refractivity contribution in [1.29, 1.82) is 0 Å². The Morgan fingerprint density at radius 2 is 1.96 bits per heavy atom. The number of amides is 1. The summed E-state index contributed by atoms with van der Waals surface area (Å²) in [6, 6.07) is 10.7.